The third-order valence-corrected chi connectivity index (χ3v) is 4.31. The van der Waals surface area contributed by atoms with Crippen LogP contribution in [-0.4, -0.2) is 15.5 Å². The van der Waals surface area contributed by atoms with E-state index < -0.39 is 17.5 Å². The number of halogens is 2. The molecule has 2 aromatic carbocycles. The number of hydrogen-bond donors (Lipinski definition) is 1. The average molecular weight is 345 g/mol. The zero-order valence-electron chi connectivity index (χ0n) is 12.7. The fraction of sp³-hybridized carbons (Fsp3) is 0.0588. The molecule has 0 aliphatic rings. The number of rotatable bonds is 4. The fourth-order valence-electron chi connectivity index (χ4n) is 2.05. The highest BCUT2D eigenvalue weighted by Gasteiger charge is 2.10. The van der Waals surface area contributed by atoms with Gasteiger partial charge in [0.25, 0.3) is 5.91 Å². The Morgan fingerprint density at radius 2 is 1.79 bits per heavy atom. The van der Waals surface area contributed by atoms with Crippen molar-refractivity contribution < 1.29 is 13.6 Å². The highest BCUT2D eigenvalue weighted by molar-refractivity contribution is 7.99. The highest BCUT2D eigenvalue weighted by Crippen LogP contribution is 2.26. The van der Waals surface area contributed by atoms with Crippen molar-refractivity contribution >= 4 is 23.4 Å². The summed E-state index contributed by atoms with van der Waals surface area (Å²) in [5.74, 6) is -2.15. The first-order valence-corrected chi connectivity index (χ1v) is 7.85. The van der Waals surface area contributed by atoms with Gasteiger partial charge < -0.3 is 9.88 Å². The number of nitrogens with zero attached hydrogens (tertiary/aromatic N) is 2. The summed E-state index contributed by atoms with van der Waals surface area (Å²) < 4.78 is 28.2. The summed E-state index contributed by atoms with van der Waals surface area (Å²) in [5, 5.41) is 3.46. The lowest BCUT2D eigenvalue weighted by atomic mass is 10.2. The molecule has 7 heteroatoms. The van der Waals surface area contributed by atoms with Gasteiger partial charge in [-0.05, 0) is 36.4 Å². The Labute approximate surface area is 141 Å². The second-order valence-electron chi connectivity index (χ2n) is 5.06. The first-order valence-electron chi connectivity index (χ1n) is 7.04. The van der Waals surface area contributed by atoms with E-state index in [-0.39, 0.29) is 5.56 Å². The molecule has 1 heterocycles. The highest BCUT2D eigenvalue weighted by atomic mass is 32.2. The Kier molecular flexibility index (Phi) is 4.61. The molecule has 3 aromatic rings. The topological polar surface area (TPSA) is 46.9 Å². The van der Waals surface area contributed by atoms with Gasteiger partial charge >= 0.3 is 0 Å². The van der Waals surface area contributed by atoms with Gasteiger partial charge in [0.1, 0.15) is 11.6 Å². The second-order valence-corrected chi connectivity index (χ2v) is 6.10. The van der Waals surface area contributed by atoms with E-state index in [1.807, 2.05) is 29.9 Å². The van der Waals surface area contributed by atoms with E-state index in [4.69, 9.17) is 0 Å². The Morgan fingerprint density at radius 3 is 2.38 bits per heavy atom. The predicted octanol–water partition coefficient (Wildman–Crippen LogP) is 4.10. The summed E-state index contributed by atoms with van der Waals surface area (Å²) >= 11 is 1.49. The molecule has 1 amide bonds. The molecule has 0 fully saturated rings. The van der Waals surface area contributed by atoms with E-state index in [1.165, 1.54) is 11.8 Å². The lowest BCUT2D eigenvalue weighted by Gasteiger charge is -2.07. The van der Waals surface area contributed by atoms with Gasteiger partial charge in [-0.25, -0.2) is 13.8 Å². The summed E-state index contributed by atoms with van der Waals surface area (Å²) in [4.78, 5) is 17.2. The molecule has 0 radical (unpaired) electrons. The van der Waals surface area contributed by atoms with Gasteiger partial charge in [0.15, 0.2) is 5.16 Å². The van der Waals surface area contributed by atoms with Crippen LogP contribution in [0.25, 0.3) is 0 Å². The SMILES string of the molecule is Cn1ccnc1Sc1ccc(NC(=O)c2cc(F)cc(F)c2)cc1. The number of anilines is 1. The number of benzene rings is 2. The van der Waals surface area contributed by atoms with Gasteiger partial charge in [-0.2, -0.15) is 0 Å². The third-order valence-electron chi connectivity index (χ3n) is 3.22. The Balaban J connectivity index is 1.69. The van der Waals surface area contributed by atoms with Crippen molar-refractivity contribution in [1.82, 2.24) is 9.55 Å². The number of aryl methyl sites for hydroxylation is 1. The molecule has 4 nitrogen and oxygen atoms in total. The molecule has 0 saturated heterocycles. The van der Waals surface area contributed by atoms with Gasteiger partial charge in [0.05, 0.1) is 0 Å². The van der Waals surface area contributed by atoms with Crippen molar-refractivity contribution in [3.8, 4) is 0 Å². The number of carbonyl (C=O) groups excluding carboxylic acids is 1. The Hall–Kier alpha value is -2.67. The maximum Gasteiger partial charge on any atom is 0.255 e. The van der Waals surface area contributed by atoms with Crippen LogP contribution < -0.4 is 5.32 Å². The van der Waals surface area contributed by atoms with E-state index in [1.54, 1.807) is 18.3 Å². The monoisotopic (exact) mass is 345 g/mol. The number of aromatic nitrogens is 2. The number of carbonyl (C=O) groups is 1. The number of nitrogens with one attached hydrogen (secondary N) is 1. The fourth-order valence-corrected chi connectivity index (χ4v) is 2.85. The van der Waals surface area contributed by atoms with E-state index in [0.29, 0.717) is 5.69 Å². The molecule has 0 bridgehead atoms. The van der Waals surface area contributed by atoms with Crippen LogP contribution in [-0.2, 0) is 7.05 Å². The molecule has 24 heavy (non-hydrogen) atoms. The predicted molar refractivity (Wildman–Crippen MR) is 88.1 cm³/mol. The quantitative estimate of drug-likeness (QED) is 0.774. The second kappa shape index (κ2) is 6.84. The Bertz CT molecular complexity index is 858. The minimum absolute atomic E-state index is 0.0704. The number of amides is 1. The largest absolute Gasteiger partial charge is 0.329 e. The molecular formula is C17H13F2N3OS. The first-order chi connectivity index (χ1) is 11.5. The molecule has 0 saturated carbocycles. The van der Waals surface area contributed by atoms with Crippen molar-refractivity contribution in [3.05, 3.63) is 72.1 Å². The van der Waals surface area contributed by atoms with Crippen molar-refractivity contribution in [1.29, 1.82) is 0 Å². The molecule has 0 spiro atoms. The molecular weight excluding hydrogens is 332 g/mol. The smallest absolute Gasteiger partial charge is 0.255 e. The number of imidazole rings is 1. The van der Waals surface area contributed by atoms with Crippen LogP contribution in [0.5, 0.6) is 0 Å². The van der Waals surface area contributed by atoms with Crippen LogP contribution in [0.4, 0.5) is 14.5 Å². The summed E-state index contributed by atoms with van der Waals surface area (Å²) in [6, 6.07) is 9.81. The molecule has 1 aromatic heterocycles. The average Bonchev–Trinajstić information content (AvgIpc) is 2.93. The van der Waals surface area contributed by atoms with Crippen molar-refractivity contribution in [2.24, 2.45) is 7.05 Å². The number of hydrogen-bond acceptors (Lipinski definition) is 3. The molecule has 0 aliphatic heterocycles. The molecule has 1 N–H and O–H groups in total. The summed E-state index contributed by atoms with van der Waals surface area (Å²) in [6.45, 7) is 0. The van der Waals surface area contributed by atoms with Crippen LogP contribution in [0.2, 0.25) is 0 Å². The lowest BCUT2D eigenvalue weighted by Crippen LogP contribution is -2.12. The van der Waals surface area contributed by atoms with Gasteiger partial charge in [0.2, 0.25) is 0 Å². The summed E-state index contributed by atoms with van der Waals surface area (Å²) in [7, 11) is 1.90. The van der Waals surface area contributed by atoms with Crippen LogP contribution in [0.1, 0.15) is 10.4 Å². The zero-order valence-corrected chi connectivity index (χ0v) is 13.5. The van der Waals surface area contributed by atoms with Gasteiger partial charge in [0, 0.05) is 41.7 Å². The maximum absolute atomic E-state index is 13.2. The van der Waals surface area contributed by atoms with E-state index in [9.17, 15) is 13.6 Å². The van der Waals surface area contributed by atoms with Crippen molar-refractivity contribution in [3.63, 3.8) is 0 Å². The maximum atomic E-state index is 13.2. The molecule has 122 valence electrons. The Morgan fingerprint density at radius 1 is 1.12 bits per heavy atom. The van der Waals surface area contributed by atoms with E-state index in [0.717, 1.165) is 28.3 Å². The molecule has 0 aliphatic carbocycles. The first kappa shape index (κ1) is 16.2. The van der Waals surface area contributed by atoms with E-state index >= 15 is 0 Å². The normalized spacial score (nSPS) is 10.6. The minimum Gasteiger partial charge on any atom is -0.329 e. The third kappa shape index (κ3) is 3.80. The van der Waals surface area contributed by atoms with Crippen LogP contribution in [0.15, 0.2) is 64.9 Å². The van der Waals surface area contributed by atoms with Gasteiger partial charge in [-0.3, -0.25) is 4.79 Å². The van der Waals surface area contributed by atoms with Crippen LogP contribution in [0, 0.1) is 11.6 Å². The van der Waals surface area contributed by atoms with Crippen molar-refractivity contribution in [2.75, 3.05) is 5.32 Å². The summed E-state index contributed by atoms with van der Waals surface area (Å²) in [6.07, 6.45) is 3.57. The molecule has 0 atom stereocenters. The minimum atomic E-state index is -0.790. The van der Waals surface area contributed by atoms with Crippen molar-refractivity contribution in [2.45, 2.75) is 10.1 Å². The van der Waals surface area contributed by atoms with Crippen LogP contribution in [0.3, 0.4) is 0 Å². The molecule has 0 unspecified atom stereocenters. The standard InChI is InChI=1S/C17H13F2N3OS/c1-22-7-6-20-17(22)24-15-4-2-14(3-5-15)21-16(23)11-8-12(18)10-13(19)9-11/h2-10H,1H3,(H,21,23). The van der Waals surface area contributed by atoms with Gasteiger partial charge in [-0.15, -0.1) is 0 Å². The zero-order chi connectivity index (χ0) is 17.1. The summed E-state index contributed by atoms with van der Waals surface area (Å²) in [5.41, 5.74) is 0.466. The lowest BCUT2D eigenvalue weighted by molar-refractivity contribution is 0.102. The van der Waals surface area contributed by atoms with Gasteiger partial charge in [-0.1, -0.05) is 11.8 Å². The molecule has 3 rings (SSSR count). The van der Waals surface area contributed by atoms with E-state index in [2.05, 4.69) is 10.3 Å². The van der Waals surface area contributed by atoms with Crippen LogP contribution >= 0.6 is 11.8 Å².